The number of H-pyrrole nitrogens is 1. The molecule has 1 aliphatic heterocycles. The van der Waals surface area contributed by atoms with Gasteiger partial charge in [0.05, 0.1) is 12.7 Å². The van der Waals surface area contributed by atoms with Crippen LogP contribution in [0.1, 0.15) is 24.8 Å². The minimum atomic E-state index is -0.698. The molecular formula is C21H24N4O3. The van der Waals surface area contributed by atoms with Gasteiger partial charge in [0.15, 0.2) is 0 Å². The van der Waals surface area contributed by atoms with E-state index in [0.717, 1.165) is 29.2 Å². The van der Waals surface area contributed by atoms with Crippen LogP contribution in [0.4, 0.5) is 0 Å². The molecule has 2 atom stereocenters. The summed E-state index contributed by atoms with van der Waals surface area (Å²) in [6.07, 6.45) is 8.84. The van der Waals surface area contributed by atoms with E-state index in [1.54, 1.807) is 23.5 Å². The quantitative estimate of drug-likeness (QED) is 0.685. The number of rotatable bonds is 6. The number of aliphatic hydroxyl groups is 1. The maximum absolute atomic E-state index is 12.4. The highest BCUT2D eigenvalue weighted by molar-refractivity contribution is 5.82. The topological polar surface area (TPSA) is 91.3 Å². The van der Waals surface area contributed by atoms with E-state index in [1.165, 1.54) is 0 Å². The number of nitrogens with one attached hydrogen (secondary N) is 1. The van der Waals surface area contributed by atoms with Crippen LogP contribution in [0.5, 0.6) is 5.75 Å². The molecule has 2 N–H and O–H groups in total. The largest absolute Gasteiger partial charge is 0.488 e. The average Bonchev–Trinajstić information content (AvgIpc) is 3.23. The molecule has 0 radical (unpaired) electrons. The lowest BCUT2D eigenvalue weighted by Gasteiger charge is -2.36. The van der Waals surface area contributed by atoms with Gasteiger partial charge in [0.1, 0.15) is 18.0 Å². The van der Waals surface area contributed by atoms with E-state index in [1.807, 2.05) is 30.5 Å². The Kier molecular flexibility index (Phi) is 5.53. The maximum Gasteiger partial charge on any atom is 0.222 e. The molecule has 0 spiro atoms. The zero-order valence-corrected chi connectivity index (χ0v) is 15.6. The summed E-state index contributed by atoms with van der Waals surface area (Å²) in [5, 5.41) is 19.3. The lowest BCUT2D eigenvalue weighted by molar-refractivity contribution is -0.137. The number of pyridine rings is 1. The number of β-amino-alcohol motifs (C(OH)–C–C–N with tert-alkyl or cyclic N) is 1. The Morgan fingerprint density at radius 1 is 1.29 bits per heavy atom. The van der Waals surface area contributed by atoms with E-state index >= 15 is 0 Å². The van der Waals surface area contributed by atoms with Gasteiger partial charge in [-0.15, -0.1) is 0 Å². The Balaban J connectivity index is 1.28. The van der Waals surface area contributed by atoms with E-state index < -0.39 is 6.10 Å². The average molecular weight is 380 g/mol. The van der Waals surface area contributed by atoms with Crippen LogP contribution in [0.3, 0.4) is 0 Å². The lowest BCUT2D eigenvalue weighted by Crippen LogP contribution is -2.51. The Hall–Kier alpha value is -2.93. The molecule has 1 saturated heterocycles. The number of hydrogen-bond donors (Lipinski definition) is 2. The van der Waals surface area contributed by atoms with Crippen molar-refractivity contribution in [1.29, 1.82) is 0 Å². The van der Waals surface area contributed by atoms with Crippen molar-refractivity contribution >= 4 is 16.7 Å². The molecule has 3 aromatic rings. The first kappa shape index (κ1) is 18.4. The predicted octanol–water partition coefficient (Wildman–Crippen LogP) is 2.32. The number of aliphatic hydroxyl groups excluding tert-OH is 1. The van der Waals surface area contributed by atoms with Crippen molar-refractivity contribution in [3.63, 3.8) is 0 Å². The number of amides is 1. The summed E-state index contributed by atoms with van der Waals surface area (Å²) in [6.45, 7) is 0.908. The molecule has 2 aromatic heterocycles. The van der Waals surface area contributed by atoms with Gasteiger partial charge in [0, 0.05) is 43.4 Å². The zero-order chi connectivity index (χ0) is 19.3. The number of piperidine rings is 1. The normalized spacial score (nSPS) is 19.7. The number of likely N-dealkylation sites (tertiary alicyclic amines) is 1. The fourth-order valence-corrected chi connectivity index (χ4v) is 3.60. The minimum absolute atomic E-state index is 0.0813. The van der Waals surface area contributed by atoms with Crippen LogP contribution >= 0.6 is 0 Å². The Labute approximate surface area is 163 Å². The summed E-state index contributed by atoms with van der Waals surface area (Å²) in [4.78, 5) is 18.3. The van der Waals surface area contributed by atoms with Gasteiger partial charge in [-0.1, -0.05) is 6.07 Å². The molecule has 1 fully saturated rings. The molecule has 0 unspecified atom stereocenters. The summed E-state index contributed by atoms with van der Waals surface area (Å²) < 4.78 is 6.01. The monoisotopic (exact) mass is 380 g/mol. The molecule has 1 aromatic carbocycles. The molecular weight excluding hydrogens is 356 g/mol. The number of aromatic nitrogens is 3. The molecule has 0 bridgehead atoms. The first-order chi connectivity index (χ1) is 13.7. The molecule has 28 heavy (non-hydrogen) atoms. The fourth-order valence-electron chi connectivity index (χ4n) is 3.60. The zero-order valence-electron chi connectivity index (χ0n) is 15.6. The third-order valence-corrected chi connectivity index (χ3v) is 5.18. The number of carbonyl (C=O) groups excluding carboxylic acids is 1. The molecule has 0 saturated carbocycles. The van der Waals surface area contributed by atoms with Gasteiger partial charge in [-0.3, -0.25) is 14.9 Å². The van der Waals surface area contributed by atoms with Crippen molar-refractivity contribution in [2.45, 2.75) is 37.9 Å². The van der Waals surface area contributed by atoms with Crippen LogP contribution in [-0.4, -0.2) is 56.4 Å². The first-order valence-corrected chi connectivity index (χ1v) is 9.63. The Morgan fingerprint density at radius 2 is 2.21 bits per heavy atom. The molecule has 4 rings (SSSR count). The highest BCUT2D eigenvalue weighted by Gasteiger charge is 2.31. The maximum atomic E-state index is 12.4. The summed E-state index contributed by atoms with van der Waals surface area (Å²) in [5.74, 6) is 0.794. The molecule has 3 heterocycles. The highest BCUT2D eigenvalue weighted by atomic mass is 16.5. The molecule has 7 nitrogen and oxygen atoms in total. The molecule has 1 aliphatic rings. The van der Waals surface area contributed by atoms with Gasteiger partial charge in [0.25, 0.3) is 0 Å². The van der Waals surface area contributed by atoms with Crippen LogP contribution in [0, 0.1) is 0 Å². The number of fused-ring (bicyclic) bond motifs is 1. The summed E-state index contributed by atoms with van der Waals surface area (Å²) >= 11 is 0. The number of carbonyl (C=O) groups is 1. The number of nitrogens with zero attached hydrogens (tertiary/aromatic N) is 3. The van der Waals surface area contributed by atoms with E-state index in [-0.39, 0.29) is 12.0 Å². The van der Waals surface area contributed by atoms with Crippen molar-refractivity contribution in [3.8, 4) is 5.75 Å². The van der Waals surface area contributed by atoms with Crippen LogP contribution < -0.4 is 4.74 Å². The van der Waals surface area contributed by atoms with Gasteiger partial charge in [-0.2, -0.15) is 5.10 Å². The summed E-state index contributed by atoms with van der Waals surface area (Å²) in [7, 11) is 0. The molecule has 0 aliphatic carbocycles. The Bertz CT molecular complexity index is 928. The SMILES string of the molecule is O=C(CCCc1cn[nH]c1)N1CC[C@@H](Oc2ccc3ccncc3c2)[C@H](O)C1. The number of benzene rings is 1. The lowest BCUT2D eigenvalue weighted by atomic mass is 10.0. The van der Waals surface area contributed by atoms with E-state index in [9.17, 15) is 9.90 Å². The van der Waals surface area contributed by atoms with Crippen molar-refractivity contribution in [1.82, 2.24) is 20.1 Å². The molecule has 146 valence electrons. The van der Waals surface area contributed by atoms with Gasteiger partial charge in [0.2, 0.25) is 5.91 Å². The second kappa shape index (κ2) is 8.39. The Morgan fingerprint density at radius 3 is 3.04 bits per heavy atom. The molecule has 7 heteroatoms. The summed E-state index contributed by atoms with van der Waals surface area (Å²) in [5.41, 5.74) is 1.10. The van der Waals surface area contributed by atoms with Crippen LogP contribution in [0.25, 0.3) is 10.8 Å². The second-order valence-corrected chi connectivity index (χ2v) is 7.20. The van der Waals surface area contributed by atoms with Gasteiger partial charge in [-0.25, -0.2) is 0 Å². The van der Waals surface area contributed by atoms with Crippen molar-refractivity contribution < 1.29 is 14.6 Å². The summed E-state index contributed by atoms with van der Waals surface area (Å²) in [6, 6.07) is 7.77. The number of aromatic amines is 1. The van der Waals surface area contributed by atoms with Crippen molar-refractivity contribution in [2.75, 3.05) is 13.1 Å². The number of aryl methyl sites for hydroxylation is 1. The second-order valence-electron chi connectivity index (χ2n) is 7.20. The minimum Gasteiger partial charge on any atom is -0.488 e. The third-order valence-electron chi connectivity index (χ3n) is 5.18. The standard InChI is InChI=1S/C21H24N4O3/c26-19-14-25(21(27)3-1-2-15-11-23-24-12-15)9-7-20(19)28-18-5-4-16-6-8-22-13-17(16)10-18/h4-6,8,10-13,19-20,26H,1-3,7,9,14H2,(H,23,24)/t19-,20-/m1/s1. The van der Waals surface area contributed by atoms with Gasteiger partial charge < -0.3 is 14.7 Å². The smallest absolute Gasteiger partial charge is 0.222 e. The third kappa shape index (κ3) is 4.31. The van der Waals surface area contributed by atoms with Crippen molar-refractivity contribution in [2.24, 2.45) is 0 Å². The number of hydrogen-bond acceptors (Lipinski definition) is 5. The van der Waals surface area contributed by atoms with E-state index in [4.69, 9.17) is 4.74 Å². The van der Waals surface area contributed by atoms with Crippen LogP contribution in [0.2, 0.25) is 0 Å². The van der Waals surface area contributed by atoms with Crippen LogP contribution in [-0.2, 0) is 11.2 Å². The molecule has 1 amide bonds. The van der Waals surface area contributed by atoms with E-state index in [2.05, 4.69) is 15.2 Å². The highest BCUT2D eigenvalue weighted by Crippen LogP contribution is 2.24. The van der Waals surface area contributed by atoms with E-state index in [0.29, 0.717) is 31.7 Å². The number of ether oxygens (including phenoxy) is 1. The van der Waals surface area contributed by atoms with Crippen LogP contribution in [0.15, 0.2) is 49.1 Å². The van der Waals surface area contributed by atoms with Crippen molar-refractivity contribution in [3.05, 3.63) is 54.6 Å². The van der Waals surface area contributed by atoms with Gasteiger partial charge in [-0.05, 0) is 42.0 Å². The predicted molar refractivity (Wildman–Crippen MR) is 105 cm³/mol. The first-order valence-electron chi connectivity index (χ1n) is 9.63. The fraction of sp³-hybridized carbons (Fsp3) is 0.381. The van der Waals surface area contributed by atoms with Gasteiger partial charge >= 0.3 is 0 Å².